The molecule has 3 saturated heterocycles. The van der Waals surface area contributed by atoms with Crippen LogP contribution in [0.1, 0.15) is 233 Å². The Balaban J connectivity index is 1.46. The summed E-state index contributed by atoms with van der Waals surface area (Å²) in [6.45, 7) is 4.60. The molecule has 0 radical (unpaired) electrons. The van der Waals surface area contributed by atoms with E-state index in [-0.39, 0.29) is 18.9 Å². The minimum atomic E-state index is -1.85. The minimum absolute atomic E-state index is 0.239. The van der Waals surface area contributed by atoms with E-state index in [0.717, 1.165) is 50.9 Å². The average Bonchev–Trinajstić information content (AvgIpc) is 3.43. The van der Waals surface area contributed by atoms with Crippen molar-refractivity contribution in [1.29, 1.82) is 0 Å². The van der Waals surface area contributed by atoms with Gasteiger partial charge in [0.15, 0.2) is 18.9 Å². The highest BCUT2D eigenvalue weighted by atomic mass is 16.7. The van der Waals surface area contributed by atoms with Gasteiger partial charge in [-0.05, 0) is 18.8 Å². The molecule has 0 aromatic carbocycles. The van der Waals surface area contributed by atoms with E-state index in [1.165, 1.54) is 148 Å². The molecular formula is C59H113NO18. The molecule has 17 atom stereocenters. The number of amides is 1. The fourth-order valence-corrected chi connectivity index (χ4v) is 10.8. The fraction of sp³-hybridized carbons (Fsp3) is 0.983. The summed E-state index contributed by atoms with van der Waals surface area (Å²) in [5, 5.41) is 119. The summed E-state index contributed by atoms with van der Waals surface area (Å²) in [6.07, 6.45) is 12.7. The molecule has 462 valence electrons. The molecule has 0 aromatic rings. The Morgan fingerprint density at radius 1 is 0.423 bits per heavy atom. The Hall–Kier alpha value is -1.21. The second-order valence-electron chi connectivity index (χ2n) is 23.4. The summed E-state index contributed by atoms with van der Waals surface area (Å²) < 4.78 is 34.0. The maximum Gasteiger partial charge on any atom is 0.220 e. The van der Waals surface area contributed by atoms with Crippen molar-refractivity contribution in [3.05, 3.63) is 0 Å². The molecule has 3 aliphatic heterocycles. The van der Waals surface area contributed by atoms with Crippen molar-refractivity contribution < 1.29 is 89.4 Å². The van der Waals surface area contributed by atoms with Crippen molar-refractivity contribution in [2.24, 2.45) is 5.92 Å². The summed E-state index contributed by atoms with van der Waals surface area (Å²) in [6, 6.07) is -0.881. The third kappa shape index (κ3) is 27.9. The van der Waals surface area contributed by atoms with Gasteiger partial charge < -0.3 is 89.9 Å². The lowest BCUT2D eigenvalue weighted by Crippen LogP contribution is -2.63. The molecule has 0 saturated carbocycles. The number of aliphatic hydroxyl groups is 11. The molecule has 0 aliphatic carbocycles. The van der Waals surface area contributed by atoms with Crippen LogP contribution in [0.15, 0.2) is 0 Å². The van der Waals surface area contributed by atoms with E-state index < -0.39 is 124 Å². The predicted octanol–water partition coefficient (Wildman–Crippen LogP) is 5.85. The second kappa shape index (κ2) is 42.6. The van der Waals surface area contributed by atoms with Crippen LogP contribution < -0.4 is 5.32 Å². The van der Waals surface area contributed by atoms with Crippen LogP contribution >= 0.6 is 0 Å². The highest BCUT2D eigenvalue weighted by Crippen LogP contribution is 2.29. The van der Waals surface area contributed by atoms with Crippen molar-refractivity contribution in [3.8, 4) is 0 Å². The van der Waals surface area contributed by atoms with Crippen LogP contribution in [0.25, 0.3) is 0 Å². The van der Waals surface area contributed by atoms with Crippen molar-refractivity contribution in [3.63, 3.8) is 0 Å². The van der Waals surface area contributed by atoms with E-state index in [9.17, 15) is 61.0 Å². The molecule has 3 fully saturated rings. The number of aliphatic hydroxyl groups excluding tert-OH is 11. The van der Waals surface area contributed by atoms with Gasteiger partial charge >= 0.3 is 0 Å². The quantitative estimate of drug-likeness (QED) is 0.0318. The molecular weight excluding hydrogens is 1010 g/mol. The standard InChI is InChI=1S/C59H113NO18/c1-4-5-6-7-8-9-10-11-12-13-14-15-16-17-21-24-27-30-33-36-47(63)60-42(43(62)35-32-29-26-23-20-18-19-22-25-28-31-34-41(2)3)38-73-57-55(71)52(68)49(65)45(77-57)40-75-59-56(72)53(69)50(66)46(78-59)39-74-58-54(70)51(67)48(64)44(37-61)76-58/h41-46,48-59,61-62,64-72H,4-40H2,1-3H3,(H,60,63)/t42-,43+,44+,45+,46+,48-,49-,50-,51-,52-,53-,54+,55+,56+,57+,58-,59-/m0/s1. The molecule has 1 amide bonds. The monoisotopic (exact) mass is 1120 g/mol. The molecule has 19 heteroatoms. The van der Waals surface area contributed by atoms with Crippen molar-refractivity contribution in [2.75, 3.05) is 26.4 Å². The van der Waals surface area contributed by atoms with Gasteiger partial charge in [-0.15, -0.1) is 0 Å². The number of ether oxygens (including phenoxy) is 6. The molecule has 19 nitrogen and oxygen atoms in total. The Bertz CT molecular complexity index is 1450. The van der Waals surface area contributed by atoms with E-state index in [1.54, 1.807) is 0 Å². The first-order chi connectivity index (χ1) is 37.6. The lowest BCUT2D eigenvalue weighted by Gasteiger charge is -2.44. The van der Waals surface area contributed by atoms with Gasteiger partial charge in [0, 0.05) is 6.42 Å². The van der Waals surface area contributed by atoms with Crippen molar-refractivity contribution in [1.82, 2.24) is 5.32 Å². The van der Waals surface area contributed by atoms with E-state index >= 15 is 0 Å². The molecule has 0 bridgehead atoms. The number of unbranched alkanes of at least 4 members (excludes halogenated alkanes) is 28. The Morgan fingerprint density at radius 2 is 0.744 bits per heavy atom. The molecule has 0 unspecified atom stereocenters. The zero-order chi connectivity index (χ0) is 57.1. The van der Waals surface area contributed by atoms with Crippen LogP contribution in [0.4, 0.5) is 0 Å². The molecule has 0 spiro atoms. The van der Waals surface area contributed by atoms with Gasteiger partial charge in [-0.2, -0.15) is 0 Å². The Labute approximate surface area is 468 Å². The number of rotatable bonds is 46. The first-order valence-electron chi connectivity index (χ1n) is 31.1. The van der Waals surface area contributed by atoms with Crippen LogP contribution in [0, 0.1) is 5.92 Å². The summed E-state index contributed by atoms with van der Waals surface area (Å²) in [5.74, 6) is 0.528. The number of carbonyl (C=O) groups is 1. The number of carbonyl (C=O) groups excluding carboxylic acids is 1. The van der Waals surface area contributed by atoms with Crippen LogP contribution in [0.3, 0.4) is 0 Å². The number of hydrogen-bond donors (Lipinski definition) is 12. The van der Waals surface area contributed by atoms with Gasteiger partial charge in [-0.3, -0.25) is 4.79 Å². The smallest absolute Gasteiger partial charge is 0.220 e. The second-order valence-corrected chi connectivity index (χ2v) is 23.4. The van der Waals surface area contributed by atoms with Crippen molar-refractivity contribution >= 4 is 5.91 Å². The number of nitrogens with one attached hydrogen (secondary N) is 1. The first-order valence-corrected chi connectivity index (χ1v) is 31.1. The van der Waals surface area contributed by atoms with Crippen LogP contribution in [-0.4, -0.2) is 193 Å². The normalized spacial score (nSPS) is 30.5. The molecule has 78 heavy (non-hydrogen) atoms. The molecule has 3 heterocycles. The third-order valence-corrected chi connectivity index (χ3v) is 16.1. The predicted molar refractivity (Wildman–Crippen MR) is 296 cm³/mol. The highest BCUT2D eigenvalue weighted by molar-refractivity contribution is 5.76. The molecule has 3 aliphatic rings. The van der Waals surface area contributed by atoms with Crippen LogP contribution in [-0.2, 0) is 33.2 Å². The molecule has 3 rings (SSSR count). The van der Waals surface area contributed by atoms with E-state index in [2.05, 4.69) is 26.1 Å². The third-order valence-electron chi connectivity index (χ3n) is 16.1. The van der Waals surface area contributed by atoms with Gasteiger partial charge in [0.1, 0.15) is 73.2 Å². The molecule has 12 N–H and O–H groups in total. The summed E-state index contributed by atoms with van der Waals surface area (Å²) in [5.41, 5.74) is 0. The summed E-state index contributed by atoms with van der Waals surface area (Å²) in [4.78, 5) is 13.4. The van der Waals surface area contributed by atoms with Gasteiger partial charge in [0.2, 0.25) is 5.91 Å². The fourth-order valence-electron chi connectivity index (χ4n) is 10.8. The molecule has 0 aromatic heterocycles. The summed E-state index contributed by atoms with van der Waals surface area (Å²) >= 11 is 0. The van der Waals surface area contributed by atoms with Crippen LogP contribution in [0.5, 0.6) is 0 Å². The lowest BCUT2D eigenvalue weighted by atomic mass is 9.98. The highest BCUT2D eigenvalue weighted by Gasteiger charge is 2.49. The SMILES string of the molecule is CCCCCCCCCCCCCCCCCCCCCC(=O)N[C@@H](CO[C@@H]1O[C@H](CO[C@H]2O[C@H](CO[C@H]3O[C@H](CO)[C@H](O)[C@H](O)[C@H]3O)[C@H](O)[C@H](O)[C@H]2O)[C@H](O)[C@H](O)[C@H]1O)[C@H](O)CCCCCCCCCCCCCC(C)C. The van der Waals surface area contributed by atoms with Crippen molar-refractivity contribution in [2.45, 2.75) is 337 Å². The maximum atomic E-state index is 13.4. The van der Waals surface area contributed by atoms with Gasteiger partial charge in [-0.1, -0.05) is 213 Å². The van der Waals surface area contributed by atoms with E-state index in [4.69, 9.17) is 28.4 Å². The number of hydrogen-bond acceptors (Lipinski definition) is 18. The van der Waals surface area contributed by atoms with E-state index in [0.29, 0.717) is 12.8 Å². The first kappa shape index (κ1) is 71.1. The van der Waals surface area contributed by atoms with Gasteiger partial charge in [0.25, 0.3) is 0 Å². The van der Waals surface area contributed by atoms with E-state index in [1.807, 2.05) is 0 Å². The van der Waals surface area contributed by atoms with Gasteiger partial charge in [-0.25, -0.2) is 0 Å². The van der Waals surface area contributed by atoms with Crippen LogP contribution in [0.2, 0.25) is 0 Å². The Kier molecular flexibility index (Phi) is 38.8. The zero-order valence-electron chi connectivity index (χ0n) is 48.3. The zero-order valence-corrected chi connectivity index (χ0v) is 48.3. The summed E-state index contributed by atoms with van der Waals surface area (Å²) in [7, 11) is 0. The largest absolute Gasteiger partial charge is 0.394 e. The van der Waals surface area contributed by atoms with Gasteiger partial charge in [0.05, 0.1) is 38.6 Å². The Morgan fingerprint density at radius 3 is 1.12 bits per heavy atom. The topological polar surface area (TPSA) is 307 Å². The lowest BCUT2D eigenvalue weighted by molar-refractivity contribution is -0.342. The average molecular weight is 1120 g/mol. The maximum absolute atomic E-state index is 13.4. The minimum Gasteiger partial charge on any atom is -0.394 e.